The largest absolute Gasteiger partial charge is 0.508 e. The van der Waals surface area contributed by atoms with Gasteiger partial charge in [0.25, 0.3) is 5.91 Å². The third-order valence-corrected chi connectivity index (χ3v) is 13.9. The summed E-state index contributed by atoms with van der Waals surface area (Å²) in [6, 6.07) is 16.1. The number of esters is 1. The molecule has 3 aliphatic heterocycles. The first-order chi connectivity index (χ1) is 33.5. The molecule has 1 aromatic heterocycles. The summed E-state index contributed by atoms with van der Waals surface area (Å²) in [4.78, 5) is 75.0. The number of aryl methyl sites for hydroxylation is 1. The van der Waals surface area contributed by atoms with Gasteiger partial charge in [-0.05, 0) is 96.7 Å². The van der Waals surface area contributed by atoms with Gasteiger partial charge >= 0.3 is 12.0 Å². The van der Waals surface area contributed by atoms with Crippen molar-refractivity contribution in [1.82, 2.24) is 35.0 Å². The molecule has 70 heavy (non-hydrogen) atoms. The highest BCUT2D eigenvalue weighted by Crippen LogP contribution is 2.41. The van der Waals surface area contributed by atoms with E-state index in [1.807, 2.05) is 32.0 Å². The molecule has 7 rings (SSSR count). The van der Waals surface area contributed by atoms with Crippen molar-refractivity contribution in [3.8, 4) is 28.1 Å². The van der Waals surface area contributed by atoms with Crippen LogP contribution in [0.1, 0.15) is 64.2 Å². The SMILES string of the molecule is C=CC(=O)N1CCN(C(=O)N(C)[C@H](C(=O)N[C@H]2Cc3cc(O)cc(c3)-c3ccc4c(c3)c(c(-c3ccccc3CCOC)n4CC)CC(C)(C)COC(=O)[C@@H]3CCCN(N3)C2=O)C(C)C)C[C@@H]1COC. The molecule has 2 fully saturated rings. The van der Waals surface area contributed by atoms with Crippen LogP contribution in [0, 0.1) is 11.3 Å². The third-order valence-electron chi connectivity index (χ3n) is 13.9. The Morgan fingerprint density at radius 2 is 1.80 bits per heavy atom. The summed E-state index contributed by atoms with van der Waals surface area (Å²) < 4.78 is 19.4. The minimum Gasteiger partial charge on any atom is -0.508 e. The van der Waals surface area contributed by atoms with Crippen molar-refractivity contribution in [2.45, 2.75) is 97.4 Å². The number of piperazine rings is 1. The van der Waals surface area contributed by atoms with Crippen LogP contribution in [0.15, 0.2) is 73.3 Å². The van der Waals surface area contributed by atoms with E-state index < -0.39 is 53.4 Å². The predicted octanol–water partition coefficient (Wildman–Crippen LogP) is 5.96. The molecule has 2 saturated heterocycles. The zero-order chi connectivity index (χ0) is 50.4. The van der Waals surface area contributed by atoms with E-state index in [0.29, 0.717) is 38.0 Å². The monoisotopic (exact) mass is 962 g/mol. The molecule has 4 heterocycles. The number of phenols is 1. The molecule has 0 aliphatic carbocycles. The van der Waals surface area contributed by atoms with Crippen LogP contribution in [0.5, 0.6) is 5.75 Å². The first kappa shape index (κ1) is 51.6. The van der Waals surface area contributed by atoms with Gasteiger partial charge in [0.05, 0.1) is 31.6 Å². The van der Waals surface area contributed by atoms with Crippen LogP contribution >= 0.6 is 0 Å². The van der Waals surface area contributed by atoms with E-state index in [0.717, 1.165) is 50.8 Å². The van der Waals surface area contributed by atoms with Crippen molar-refractivity contribution in [3.05, 3.63) is 90.0 Å². The smallest absolute Gasteiger partial charge is 0.324 e. The van der Waals surface area contributed by atoms with Crippen LogP contribution in [0.25, 0.3) is 33.3 Å². The highest BCUT2D eigenvalue weighted by atomic mass is 16.5. The number of aromatic nitrogens is 1. The second-order valence-electron chi connectivity index (χ2n) is 20.0. The number of amides is 5. The van der Waals surface area contributed by atoms with Crippen molar-refractivity contribution >= 4 is 40.6 Å². The van der Waals surface area contributed by atoms with Gasteiger partial charge in [0, 0.05) is 82.3 Å². The first-order valence-corrected chi connectivity index (χ1v) is 24.5. The number of methoxy groups -OCH3 is 2. The number of hydrogen-bond donors (Lipinski definition) is 3. The van der Waals surface area contributed by atoms with Gasteiger partial charge in [-0.25, -0.2) is 10.2 Å². The van der Waals surface area contributed by atoms with E-state index in [4.69, 9.17) is 14.2 Å². The second-order valence-corrected chi connectivity index (χ2v) is 20.0. The number of hydrazine groups is 1. The number of cyclic esters (lactones) is 1. The molecule has 16 nitrogen and oxygen atoms in total. The number of phenolic OH excluding ortho intramolecular Hbond substituents is 1. The fourth-order valence-electron chi connectivity index (χ4n) is 10.5. The Morgan fingerprint density at radius 1 is 1.03 bits per heavy atom. The number of rotatable bonds is 12. The van der Waals surface area contributed by atoms with Crippen LogP contribution in [0.3, 0.4) is 0 Å². The summed E-state index contributed by atoms with van der Waals surface area (Å²) >= 11 is 0. The number of urea groups is 1. The summed E-state index contributed by atoms with van der Waals surface area (Å²) in [5.74, 6) is -2.15. The van der Waals surface area contributed by atoms with E-state index in [1.165, 1.54) is 23.1 Å². The van der Waals surface area contributed by atoms with Gasteiger partial charge in [-0.1, -0.05) is 70.7 Å². The van der Waals surface area contributed by atoms with Gasteiger partial charge in [0.15, 0.2) is 0 Å². The van der Waals surface area contributed by atoms with E-state index >= 15 is 0 Å². The van der Waals surface area contributed by atoms with Gasteiger partial charge in [-0.2, -0.15) is 0 Å². The van der Waals surface area contributed by atoms with Crippen LogP contribution in [0.2, 0.25) is 0 Å². The predicted molar refractivity (Wildman–Crippen MR) is 269 cm³/mol. The van der Waals surface area contributed by atoms with Gasteiger partial charge in [-0.15, -0.1) is 0 Å². The zero-order valence-corrected chi connectivity index (χ0v) is 42.1. The molecule has 0 spiro atoms. The Morgan fingerprint density at radius 3 is 2.51 bits per heavy atom. The number of ether oxygens (including phenoxy) is 3. The minimum absolute atomic E-state index is 0.00858. The molecule has 6 bridgehead atoms. The Bertz CT molecular complexity index is 2590. The second kappa shape index (κ2) is 22.2. The summed E-state index contributed by atoms with van der Waals surface area (Å²) in [6.45, 7) is 16.2. The number of nitrogens with zero attached hydrogens (tertiary/aromatic N) is 5. The number of carbonyl (C=O) groups excluding carboxylic acids is 5. The topological polar surface area (TPSA) is 175 Å². The lowest BCUT2D eigenvalue weighted by Crippen LogP contribution is -2.63. The molecular weight excluding hydrogens is 891 g/mol. The Labute approximate surface area is 411 Å². The average Bonchev–Trinajstić information content (AvgIpc) is 3.64. The Hall–Kier alpha value is -6.23. The maximum atomic E-state index is 14.8. The Balaban J connectivity index is 1.28. The van der Waals surface area contributed by atoms with Gasteiger partial charge < -0.3 is 43.9 Å². The molecule has 0 saturated carbocycles. The maximum absolute atomic E-state index is 14.8. The molecule has 4 atom stereocenters. The number of aromatic hydroxyl groups is 1. The van der Waals surface area contributed by atoms with Crippen molar-refractivity contribution in [3.63, 3.8) is 0 Å². The first-order valence-electron chi connectivity index (χ1n) is 24.5. The fourth-order valence-corrected chi connectivity index (χ4v) is 10.5. The molecular formula is C54H71N7O9. The number of benzene rings is 3. The lowest BCUT2D eigenvalue weighted by Gasteiger charge is -2.43. The summed E-state index contributed by atoms with van der Waals surface area (Å²) in [7, 11) is 4.80. The number of likely N-dealkylation sites (N-methyl/N-ethyl adjacent to an activating group) is 1. The molecule has 3 aliphatic rings. The van der Waals surface area contributed by atoms with Crippen LogP contribution < -0.4 is 10.7 Å². The third kappa shape index (κ3) is 11.2. The zero-order valence-electron chi connectivity index (χ0n) is 42.1. The van der Waals surface area contributed by atoms with E-state index in [-0.39, 0.29) is 63.4 Å². The highest BCUT2D eigenvalue weighted by molar-refractivity contribution is 5.96. The summed E-state index contributed by atoms with van der Waals surface area (Å²) in [5, 5.41) is 16.8. The molecule has 0 radical (unpaired) electrons. The van der Waals surface area contributed by atoms with Crippen molar-refractivity contribution in [2.75, 3.05) is 67.3 Å². The minimum atomic E-state index is -1.18. The fraction of sp³-hybridized carbons (Fsp3) is 0.500. The van der Waals surface area contributed by atoms with Crippen molar-refractivity contribution in [2.24, 2.45) is 11.3 Å². The molecule has 0 unspecified atom stereocenters. The number of nitrogens with one attached hydrogen (secondary N) is 2. The lowest BCUT2D eigenvalue weighted by molar-refractivity contribution is -0.155. The van der Waals surface area contributed by atoms with Gasteiger partial charge in [0.2, 0.25) is 11.8 Å². The number of carbonyl (C=O) groups is 5. The van der Waals surface area contributed by atoms with E-state index in [9.17, 15) is 29.1 Å². The summed E-state index contributed by atoms with van der Waals surface area (Å²) in [5.41, 5.74) is 10.3. The molecule has 5 amide bonds. The molecule has 3 N–H and O–H groups in total. The molecule has 3 aromatic carbocycles. The standard InChI is InChI=1S/C54H71N7O9/c1-10-47(63)60-23-22-58(31-39(60)32-69-9)53(67)57(7)48(34(3)4)50(64)55-45-27-35-25-38(28-40(62)26-35)37-18-19-46-42(29-37)43(49(59(46)11-2)41-16-13-12-15-36(41)20-24-68-8)30-54(5,6)33-70-52(66)44-17-14-21-61(56-44)51(45)65/h10,12-13,15-16,18-19,25-26,28-29,34,39,44-45,48,56,62H,1,11,14,17,20-24,27,30-33H2,2-9H3,(H,55,64)/t39-,44+,45+,48+/m1/s1. The quantitative estimate of drug-likeness (QED) is 0.114. The van der Waals surface area contributed by atoms with Gasteiger partial charge in [0.1, 0.15) is 23.9 Å². The van der Waals surface area contributed by atoms with Crippen LogP contribution in [-0.2, 0) is 59.2 Å². The highest BCUT2D eigenvalue weighted by Gasteiger charge is 2.40. The van der Waals surface area contributed by atoms with Crippen molar-refractivity contribution < 1.29 is 43.3 Å². The molecule has 376 valence electrons. The number of hydrogen-bond acceptors (Lipinski definition) is 10. The lowest BCUT2D eigenvalue weighted by atomic mass is 9.83. The van der Waals surface area contributed by atoms with E-state index in [2.05, 4.69) is 73.0 Å². The van der Waals surface area contributed by atoms with Crippen molar-refractivity contribution in [1.29, 1.82) is 0 Å². The van der Waals surface area contributed by atoms with Crippen LogP contribution in [-0.4, -0.2) is 151 Å². The number of fused-ring (bicyclic) bond motifs is 6. The van der Waals surface area contributed by atoms with E-state index in [1.54, 1.807) is 36.1 Å². The summed E-state index contributed by atoms with van der Waals surface area (Å²) in [6.07, 6.45) is 3.48. The van der Waals surface area contributed by atoms with Crippen LogP contribution in [0.4, 0.5) is 4.79 Å². The molecule has 16 heteroatoms. The average molecular weight is 962 g/mol. The van der Waals surface area contributed by atoms with Gasteiger partial charge in [-0.3, -0.25) is 24.2 Å². The normalized spacial score (nSPS) is 20.2. The Kier molecular flexibility index (Phi) is 16.4. The molecule has 4 aromatic rings. The maximum Gasteiger partial charge on any atom is 0.324 e.